The summed E-state index contributed by atoms with van der Waals surface area (Å²) in [7, 11) is 0. The number of aromatic amines is 1. The van der Waals surface area contributed by atoms with Crippen LogP contribution in [0.5, 0.6) is 0 Å². The van der Waals surface area contributed by atoms with E-state index in [1.54, 1.807) is 0 Å². The molecule has 0 spiro atoms. The van der Waals surface area contributed by atoms with Crippen LogP contribution < -0.4 is 5.73 Å². The number of aromatic nitrogens is 1. The number of rotatable bonds is 2. The summed E-state index contributed by atoms with van der Waals surface area (Å²) in [6.07, 6.45) is 0.810. The van der Waals surface area contributed by atoms with Gasteiger partial charge in [0.1, 0.15) is 0 Å². The third-order valence-electron chi connectivity index (χ3n) is 2.66. The van der Waals surface area contributed by atoms with Crippen LogP contribution in [0.15, 0.2) is 18.2 Å². The van der Waals surface area contributed by atoms with Gasteiger partial charge in [0.2, 0.25) is 0 Å². The molecule has 0 bridgehead atoms. The highest BCUT2D eigenvalue weighted by Crippen LogP contribution is 2.25. The number of nitrogens with zero attached hydrogens (tertiary/aromatic N) is 1. The van der Waals surface area contributed by atoms with Crippen molar-refractivity contribution in [3.63, 3.8) is 0 Å². The van der Waals surface area contributed by atoms with Crippen molar-refractivity contribution in [2.75, 3.05) is 6.54 Å². The fourth-order valence-corrected chi connectivity index (χ4v) is 2.00. The van der Waals surface area contributed by atoms with Crippen molar-refractivity contribution in [3.05, 3.63) is 35.0 Å². The van der Waals surface area contributed by atoms with E-state index in [4.69, 9.17) is 11.0 Å². The molecule has 2 rings (SSSR count). The minimum atomic E-state index is 0. The van der Waals surface area contributed by atoms with Crippen LogP contribution in [0.3, 0.4) is 0 Å². The molecule has 0 aliphatic carbocycles. The number of hydrogen-bond acceptors (Lipinski definition) is 2. The molecule has 3 nitrogen and oxygen atoms in total. The van der Waals surface area contributed by atoms with Gasteiger partial charge in [-0.3, -0.25) is 0 Å². The quantitative estimate of drug-likeness (QED) is 0.839. The molecule has 0 aliphatic rings. The number of nitrogens with two attached hydrogens (primary N) is 1. The number of hydrogen-bond donors (Lipinski definition) is 2. The Bertz CT molecular complexity index is 537. The Kier molecular flexibility index (Phi) is 3.94. The van der Waals surface area contributed by atoms with Gasteiger partial charge in [-0.1, -0.05) is 6.07 Å². The number of nitriles is 1. The van der Waals surface area contributed by atoms with Gasteiger partial charge < -0.3 is 10.7 Å². The predicted octanol–water partition coefficient (Wildman–Crippen LogP) is 2.27. The van der Waals surface area contributed by atoms with Gasteiger partial charge in [0.05, 0.1) is 11.6 Å². The molecule has 84 valence electrons. The number of aryl methyl sites for hydroxylation is 1. The lowest BCUT2D eigenvalue weighted by molar-refractivity contribution is 0.963. The molecule has 1 aromatic carbocycles. The molecule has 0 radical (unpaired) electrons. The Morgan fingerprint density at radius 2 is 2.19 bits per heavy atom. The van der Waals surface area contributed by atoms with Crippen LogP contribution in [-0.4, -0.2) is 11.5 Å². The van der Waals surface area contributed by atoms with E-state index in [1.165, 1.54) is 5.56 Å². The van der Waals surface area contributed by atoms with Gasteiger partial charge >= 0.3 is 0 Å². The molecular weight excluding hydrogens is 222 g/mol. The molecule has 0 saturated heterocycles. The second kappa shape index (κ2) is 5.02. The fourth-order valence-electron chi connectivity index (χ4n) is 2.00. The van der Waals surface area contributed by atoms with Gasteiger partial charge in [-0.25, -0.2) is 0 Å². The van der Waals surface area contributed by atoms with Gasteiger partial charge in [-0.05, 0) is 37.6 Å². The molecule has 4 heteroatoms. The van der Waals surface area contributed by atoms with E-state index in [0.717, 1.165) is 28.6 Å². The van der Waals surface area contributed by atoms with E-state index >= 15 is 0 Å². The van der Waals surface area contributed by atoms with Crippen molar-refractivity contribution in [2.45, 2.75) is 13.3 Å². The van der Waals surface area contributed by atoms with Crippen molar-refractivity contribution < 1.29 is 0 Å². The van der Waals surface area contributed by atoms with Crippen molar-refractivity contribution in [1.29, 1.82) is 5.26 Å². The molecule has 3 N–H and O–H groups in total. The minimum Gasteiger partial charge on any atom is -0.358 e. The van der Waals surface area contributed by atoms with E-state index in [-0.39, 0.29) is 12.4 Å². The van der Waals surface area contributed by atoms with Crippen LogP contribution in [0.1, 0.15) is 16.8 Å². The molecule has 1 heterocycles. The lowest BCUT2D eigenvalue weighted by Crippen LogP contribution is -2.03. The molecule has 0 fully saturated rings. The lowest BCUT2D eigenvalue weighted by Gasteiger charge is -1.99. The van der Waals surface area contributed by atoms with Gasteiger partial charge in [0.25, 0.3) is 0 Å². The van der Waals surface area contributed by atoms with Gasteiger partial charge in [0, 0.05) is 16.6 Å². The van der Waals surface area contributed by atoms with Crippen LogP contribution in [-0.2, 0) is 6.42 Å². The highest BCUT2D eigenvalue weighted by molar-refractivity contribution is 5.90. The topological polar surface area (TPSA) is 65.6 Å². The zero-order valence-corrected chi connectivity index (χ0v) is 9.90. The highest BCUT2D eigenvalue weighted by atomic mass is 35.5. The monoisotopic (exact) mass is 235 g/mol. The van der Waals surface area contributed by atoms with E-state index in [0.29, 0.717) is 6.54 Å². The Balaban J connectivity index is 0.00000128. The molecule has 0 aliphatic heterocycles. The maximum absolute atomic E-state index is 9.04. The summed E-state index contributed by atoms with van der Waals surface area (Å²) in [6, 6.07) is 7.95. The molecule has 0 saturated carbocycles. The SMILES string of the molecule is Cc1[nH]c2cccc(C#N)c2c1CCN.Cl. The van der Waals surface area contributed by atoms with E-state index in [9.17, 15) is 0 Å². The van der Waals surface area contributed by atoms with Crippen molar-refractivity contribution in [3.8, 4) is 6.07 Å². The molecular formula is C12H14ClN3. The van der Waals surface area contributed by atoms with Crippen LogP contribution in [0, 0.1) is 18.3 Å². The summed E-state index contributed by atoms with van der Waals surface area (Å²) in [6.45, 7) is 2.62. The third kappa shape index (κ3) is 1.90. The largest absolute Gasteiger partial charge is 0.358 e. The lowest BCUT2D eigenvalue weighted by atomic mass is 10.0. The predicted molar refractivity (Wildman–Crippen MR) is 67.8 cm³/mol. The zero-order valence-electron chi connectivity index (χ0n) is 9.08. The van der Waals surface area contributed by atoms with Gasteiger partial charge in [-0.15, -0.1) is 12.4 Å². The first-order valence-corrected chi connectivity index (χ1v) is 4.98. The highest BCUT2D eigenvalue weighted by Gasteiger charge is 2.10. The maximum Gasteiger partial charge on any atom is 0.0998 e. The van der Waals surface area contributed by atoms with Crippen molar-refractivity contribution in [2.24, 2.45) is 5.73 Å². The maximum atomic E-state index is 9.04. The van der Waals surface area contributed by atoms with Gasteiger partial charge in [0.15, 0.2) is 0 Å². The first kappa shape index (κ1) is 12.6. The molecule has 0 atom stereocenters. The number of halogens is 1. The average molecular weight is 236 g/mol. The average Bonchev–Trinajstić information content (AvgIpc) is 2.56. The number of benzene rings is 1. The third-order valence-corrected chi connectivity index (χ3v) is 2.66. The summed E-state index contributed by atoms with van der Waals surface area (Å²) in [5.74, 6) is 0. The second-order valence-electron chi connectivity index (χ2n) is 3.61. The zero-order chi connectivity index (χ0) is 10.8. The molecule has 1 aromatic heterocycles. The number of fused-ring (bicyclic) bond motifs is 1. The van der Waals surface area contributed by atoms with Crippen LogP contribution >= 0.6 is 12.4 Å². The van der Waals surface area contributed by atoms with Crippen LogP contribution in [0.25, 0.3) is 10.9 Å². The van der Waals surface area contributed by atoms with Gasteiger partial charge in [-0.2, -0.15) is 5.26 Å². The molecule has 16 heavy (non-hydrogen) atoms. The van der Waals surface area contributed by atoms with E-state index in [2.05, 4.69) is 11.1 Å². The summed E-state index contributed by atoms with van der Waals surface area (Å²) >= 11 is 0. The Labute approximate surface area is 101 Å². The summed E-state index contributed by atoms with van der Waals surface area (Å²) < 4.78 is 0. The Hall–Kier alpha value is -1.50. The second-order valence-corrected chi connectivity index (χ2v) is 3.61. The van der Waals surface area contributed by atoms with Crippen molar-refractivity contribution >= 4 is 23.3 Å². The number of nitrogens with one attached hydrogen (secondary N) is 1. The summed E-state index contributed by atoms with van der Waals surface area (Å²) in [4.78, 5) is 3.28. The van der Waals surface area contributed by atoms with E-state index in [1.807, 2.05) is 25.1 Å². The normalized spacial score (nSPS) is 9.81. The van der Waals surface area contributed by atoms with Crippen LogP contribution in [0.2, 0.25) is 0 Å². The molecule has 0 amide bonds. The Morgan fingerprint density at radius 1 is 1.44 bits per heavy atom. The smallest absolute Gasteiger partial charge is 0.0998 e. The fraction of sp³-hybridized carbons (Fsp3) is 0.250. The first-order valence-electron chi connectivity index (χ1n) is 4.98. The van der Waals surface area contributed by atoms with Crippen molar-refractivity contribution in [1.82, 2.24) is 4.98 Å². The summed E-state index contributed by atoms with van der Waals surface area (Å²) in [5.41, 5.74) is 9.60. The first-order chi connectivity index (χ1) is 7.27. The standard InChI is InChI=1S/C12H13N3.ClH/c1-8-10(5-6-13)12-9(7-14)3-2-4-11(12)15-8;/h2-4,15H,5-6,13H2,1H3;1H. The summed E-state index contributed by atoms with van der Waals surface area (Å²) in [5, 5.41) is 10.1. The Morgan fingerprint density at radius 3 is 2.81 bits per heavy atom. The molecule has 0 unspecified atom stereocenters. The minimum absolute atomic E-state index is 0. The molecule has 2 aromatic rings. The van der Waals surface area contributed by atoms with Crippen LogP contribution in [0.4, 0.5) is 0 Å². The number of H-pyrrole nitrogens is 1. The van der Waals surface area contributed by atoms with E-state index < -0.39 is 0 Å².